The number of hydrogen-bond acceptors (Lipinski definition) is 0. The third-order valence-electron chi connectivity index (χ3n) is 4.65. The smallest absolute Gasteiger partial charge is 0.0287 e. The fourth-order valence-corrected chi connectivity index (χ4v) is 4.50. The predicted molar refractivity (Wildman–Crippen MR) is 102 cm³/mol. The predicted octanol–water partition coefficient (Wildman–Crippen LogP) is 6.94. The molecule has 0 amide bonds. The molecule has 0 unspecified atom stereocenters. The Kier molecular flexibility index (Phi) is 4.17. The Morgan fingerprint density at radius 1 is 1.00 bits per heavy atom. The van der Waals surface area contributed by atoms with Gasteiger partial charge in [-0.2, -0.15) is 0 Å². The maximum Gasteiger partial charge on any atom is 0.0287 e. The van der Waals surface area contributed by atoms with E-state index in [0.717, 1.165) is 21.8 Å². The normalized spacial score (nSPS) is 14.3. The molecule has 2 aromatic rings. The van der Waals surface area contributed by atoms with Crippen LogP contribution < -0.4 is 0 Å². The van der Waals surface area contributed by atoms with Gasteiger partial charge in [0.25, 0.3) is 0 Å². The second kappa shape index (κ2) is 5.82. The van der Waals surface area contributed by atoms with Crippen LogP contribution in [0.5, 0.6) is 0 Å². The molecule has 0 bridgehead atoms. The van der Waals surface area contributed by atoms with Crippen LogP contribution in [0.1, 0.15) is 29.5 Å². The highest BCUT2D eigenvalue weighted by molar-refractivity contribution is 9.10. The van der Waals surface area contributed by atoms with E-state index >= 15 is 0 Å². The lowest BCUT2D eigenvalue weighted by Crippen LogP contribution is -2.25. The minimum absolute atomic E-state index is 0.0637. The van der Waals surface area contributed by atoms with Crippen molar-refractivity contribution in [2.75, 3.05) is 0 Å². The van der Waals surface area contributed by atoms with Crippen LogP contribution in [0.25, 0.3) is 11.1 Å². The van der Waals surface area contributed by atoms with Crippen molar-refractivity contribution in [3.63, 3.8) is 0 Å². The van der Waals surface area contributed by atoms with E-state index in [0.29, 0.717) is 0 Å². The zero-order chi connectivity index (χ0) is 15.9. The molecular formula is C20H18Br2. The van der Waals surface area contributed by atoms with Gasteiger partial charge in [-0.1, -0.05) is 56.1 Å². The third-order valence-corrected chi connectivity index (χ3v) is 6.00. The largest absolute Gasteiger partial charge is 0.103 e. The average molecular weight is 418 g/mol. The molecule has 0 atom stereocenters. The van der Waals surface area contributed by atoms with Gasteiger partial charge in [0.05, 0.1) is 0 Å². The van der Waals surface area contributed by atoms with E-state index in [1.165, 1.54) is 27.8 Å². The molecule has 0 spiro atoms. The van der Waals surface area contributed by atoms with Gasteiger partial charge in [-0.25, -0.2) is 0 Å². The van der Waals surface area contributed by atoms with Gasteiger partial charge >= 0.3 is 0 Å². The lowest BCUT2D eigenvalue weighted by molar-refractivity contribution is 0.540. The third kappa shape index (κ3) is 2.16. The van der Waals surface area contributed by atoms with Crippen molar-refractivity contribution < 1.29 is 0 Å². The maximum atomic E-state index is 4.01. The molecule has 0 heterocycles. The quantitative estimate of drug-likeness (QED) is 0.472. The molecule has 112 valence electrons. The molecule has 0 aliphatic heterocycles. The minimum Gasteiger partial charge on any atom is -0.103 e. The number of fused-ring (bicyclic) bond motifs is 3. The lowest BCUT2D eigenvalue weighted by atomic mass is 9.71. The van der Waals surface area contributed by atoms with Gasteiger partial charge in [-0.15, -0.1) is 13.2 Å². The Labute approximate surface area is 149 Å². The molecular weight excluding hydrogens is 400 g/mol. The van der Waals surface area contributed by atoms with Crippen molar-refractivity contribution in [3.8, 4) is 11.1 Å². The van der Waals surface area contributed by atoms with Crippen LogP contribution in [0.2, 0.25) is 0 Å². The summed E-state index contributed by atoms with van der Waals surface area (Å²) in [5, 5.41) is 0. The fraction of sp³-hybridized carbons (Fsp3) is 0.200. The van der Waals surface area contributed by atoms with E-state index in [9.17, 15) is 0 Å². The van der Waals surface area contributed by atoms with Gasteiger partial charge in [-0.05, 0) is 65.8 Å². The van der Waals surface area contributed by atoms with Crippen molar-refractivity contribution in [2.24, 2.45) is 0 Å². The minimum atomic E-state index is -0.0637. The van der Waals surface area contributed by atoms with Crippen LogP contribution >= 0.6 is 31.9 Å². The highest BCUT2D eigenvalue weighted by Gasteiger charge is 2.42. The Hall–Kier alpha value is -1.12. The number of hydrogen-bond donors (Lipinski definition) is 0. The Bertz CT molecular complexity index is 762. The zero-order valence-electron chi connectivity index (χ0n) is 12.6. The number of allylic oxidation sites excluding steroid dienone is 2. The van der Waals surface area contributed by atoms with Gasteiger partial charge in [-0.3, -0.25) is 0 Å². The molecule has 0 fully saturated rings. The van der Waals surface area contributed by atoms with E-state index in [-0.39, 0.29) is 5.41 Å². The molecule has 22 heavy (non-hydrogen) atoms. The molecule has 0 nitrogen and oxygen atoms in total. The second-order valence-electron chi connectivity index (χ2n) is 5.85. The van der Waals surface area contributed by atoms with Crippen LogP contribution in [0.4, 0.5) is 0 Å². The summed E-state index contributed by atoms with van der Waals surface area (Å²) in [4.78, 5) is 0. The van der Waals surface area contributed by atoms with Crippen LogP contribution in [-0.4, -0.2) is 0 Å². The van der Waals surface area contributed by atoms with Crippen LogP contribution in [-0.2, 0) is 5.41 Å². The molecule has 1 aliphatic carbocycles. The van der Waals surface area contributed by atoms with Gasteiger partial charge in [0.1, 0.15) is 0 Å². The van der Waals surface area contributed by atoms with Crippen molar-refractivity contribution in [1.82, 2.24) is 0 Å². The van der Waals surface area contributed by atoms with Crippen molar-refractivity contribution in [2.45, 2.75) is 25.2 Å². The van der Waals surface area contributed by atoms with Gasteiger partial charge in [0.15, 0.2) is 0 Å². The summed E-state index contributed by atoms with van der Waals surface area (Å²) in [6.45, 7) is 10.2. The van der Waals surface area contributed by atoms with Crippen molar-refractivity contribution >= 4 is 31.9 Å². The van der Waals surface area contributed by atoms with E-state index in [1.54, 1.807) is 0 Å². The zero-order valence-corrected chi connectivity index (χ0v) is 15.8. The van der Waals surface area contributed by atoms with E-state index in [4.69, 9.17) is 0 Å². The standard InChI is InChI=1S/C20H18Br2/c1-4-10-20(11-5-2)17-12-14(21)6-7-15(17)16-8-9-18(22)13(3)19(16)20/h4-9,12H,1-2,10-11H2,3H3. The van der Waals surface area contributed by atoms with Crippen LogP contribution in [0.15, 0.2) is 64.6 Å². The maximum absolute atomic E-state index is 4.01. The monoisotopic (exact) mass is 416 g/mol. The number of halogens is 2. The molecule has 2 heteroatoms. The highest BCUT2D eigenvalue weighted by Crippen LogP contribution is 2.55. The first-order chi connectivity index (χ1) is 10.5. The molecule has 0 radical (unpaired) electrons. The van der Waals surface area contributed by atoms with E-state index in [1.807, 2.05) is 12.2 Å². The average Bonchev–Trinajstić information content (AvgIpc) is 2.75. The first kappa shape index (κ1) is 15.8. The number of rotatable bonds is 4. The molecule has 0 saturated carbocycles. The van der Waals surface area contributed by atoms with Crippen molar-refractivity contribution in [3.05, 3.63) is 81.3 Å². The summed E-state index contributed by atoms with van der Waals surface area (Å²) in [6, 6.07) is 11.0. The first-order valence-corrected chi connectivity index (χ1v) is 8.95. The number of benzene rings is 2. The summed E-state index contributed by atoms with van der Waals surface area (Å²) in [6.07, 6.45) is 5.88. The Morgan fingerprint density at radius 3 is 2.27 bits per heavy atom. The van der Waals surface area contributed by atoms with Gasteiger partial charge in [0.2, 0.25) is 0 Å². The van der Waals surface area contributed by atoms with Crippen LogP contribution in [0, 0.1) is 6.92 Å². The lowest BCUT2D eigenvalue weighted by Gasteiger charge is -2.31. The molecule has 0 saturated heterocycles. The Balaban J connectivity index is 2.43. The summed E-state index contributed by atoms with van der Waals surface area (Å²) in [7, 11) is 0. The molecule has 0 aromatic heterocycles. The molecule has 1 aliphatic rings. The highest BCUT2D eigenvalue weighted by atomic mass is 79.9. The SMILES string of the molecule is C=CCC1(CC=C)c2cc(Br)ccc2-c2ccc(Br)c(C)c21. The van der Waals surface area contributed by atoms with Crippen molar-refractivity contribution in [1.29, 1.82) is 0 Å². The topological polar surface area (TPSA) is 0 Å². The summed E-state index contributed by atoms with van der Waals surface area (Å²) in [5.41, 5.74) is 6.71. The van der Waals surface area contributed by atoms with E-state index < -0.39 is 0 Å². The second-order valence-corrected chi connectivity index (χ2v) is 7.62. The molecule has 3 rings (SSSR count). The Morgan fingerprint density at radius 2 is 1.64 bits per heavy atom. The summed E-state index contributed by atoms with van der Waals surface area (Å²) >= 11 is 7.34. The molecule has 2 aromatic carbocycles. The summed E-state index contributed by atoms with van der Waals surface area (Å²) in [5.74, 6) is 0. The van der Waals surface area contributed by atoms with Crippen LogP contribution in [0.3, 0.4) is 0 Å². The van der Waals surface area contributed by atoms with Gasteiger partial charge < -0.3 is 0 Å². The first-order valence-electron chi connectivity index (χ1n) is 7.37. The van der Waals surface area contributed by atoms with Gasteiger partial charge in [0, 0.05) is 14.4 Å². The fourth-order valence-electron chi connectivity index (χ4n) is 3.81. The van der Waals surface area contributed by atoms with E-state index in [2.05, 4.69) is 82.3 Å². The molecule has 0 N–H and O–H groups in total. The summed E-state index contributed by atoms with van der Waals surface area (Å²) < 4.78 is 2.28.